The Kier molecular flexibility index (Phi) is 3.89. The first kappa shape index (κ1) is 14.3. The predicted octanol–water partition coefficient (Wildman–Crippen LogP) is 1.33. The Morgan fingerprint density at radius 1 is 1.35 bits per heavy atom. The molecule has 1 fully saturated rings. The maximum atomic E-state index is 11.5. The van der Waals surface area contributed by atoms with Gasteiger partial charge >= 0.3 is 6.09 Å². The van der Waals surface area contributed by atoms with Crippen molar-refractivity contribution in [2.75, 3.05) is 16.8 Å². The van der Waals surface area contributed by atoms with Crippen LogP contribution in [0.15, 0.2) is 24.3 Å². The zero-order chi connectivity index (χ0) is 14.8. The first-order chi connectivity index (χ1) is 9.35. The van der Waals surface area contributed by atoms with E-state index in [0.29, 0.717) is 5.69 Å². The molecule has 1 N–H and O–H groups in total. The minimum Gasteiger partial charge on any atom is -0.445 e. The SMILES string of the molecule is O=C(Nc1ccc([N+](=O)[O-])cc1)O[C@@H]1CCS(=O)(=O)C1. The molecule has 2 rings (SSSR count). The second-order valence-electron chi connectivity index (χ2n) is 4.36. The second-order valence-corrected chi connectivity index (χ2v) is 6.59. The van der Waals surface area contributed by atoms with E-state index in [1.165, 1.54) is 24.3 Å². The van der Waals surface area contributed by atoms with Crippen molar-refractivity contribution in [3.63, 3.8) is 0 Å². The summed E-state index contributed by atoms with van der Waals surface area (Å²) in [7, 11) is -3.11. The number of amides is 1. The largest absolute Gasteiger partial charge is 0.445 e. The molecule has 0 aromatic heterocycles. The number of benzene rings is 1. The molecule has 20 heavy (non-hydrogen) atoms. The second kappa shape index (κ2) is 5.45. The number of hydrogen-bond acceptors (Lipinski definition) is 6. The summed E-state index contributed by atoms with van der Waals surface area (Å²) >= 11 is 0. The van der Waals surface area contributed by atoms with Gasteiger partial charge in [0, 0.05) is 17.8 Å². The van der Waals surface area contributed by atoms with Crippen LogP contribution in [-0.2, 0) is 14.6 Å². The lowest BCUT2D eigenvalue weighted by atomic mass is 10.3. The van der Waals surface area contributed by atoms with E-state index in [-0.39, 0.29) is 23.6 Å². The van der Waals surface area contributed by atoms with E-state index in [9.17, 15) is 23.3 Å². The molecule has 1 atom stereocenters. The highest BCUT2D eigenvalue weighted by Crippen LogP contribution is 2.18. The highest BCUT2D eigenvalue weighted by atomic mass is 32.2. The number of rotatable bonds is 3. The molecular weight excluding hydrogens is 288 g/mol. The third kappa shape index (κ3) is 3.67. The third-order valence-corrected chi connectivity index (χ3v) is 4.53. The number of anilines is 1. The van der Waals surface area contributed by atoms with Gasteiger partial charge in [-0.15, -0.1) is 0 Å². The molecular formula is C11H12N2O6S. The van der Waals surface area contributed by atoms with Crippen LogP contribution >= 0.6 is 0 Å². The van der Waals surface area contributed by atoms with Gasteiger partial charge in [0.2, 0.25) is 0 Å². The molecule has 0 bridgehead atoms. The van der Waals surface area contributed by atoms with Gasteiger partial charge in [-0.2, -0.15) is 0 Å². The lowest BCUT2D eigenvalue weighted by molar-refractivity contribution is -0.384. The van der Waals surface area contributed by atoms with Crippen LogP contribution in [0.1, 0.15) is 6.42 Å². The zero-order valence-electron chi connectivity index (χ0n) is 10.3. The van der Waals surface area contributed by atoms with E-state index in [4.69, 9.17) is 4.74 Å². The summed E-state index contributed by atoms with van der Waals surface area (Å²) in [5.41, 5.74) is 0.243. The van der Waals surface area contributed by atoms with Crippen LogP contribution in [0, 0.1) is 10.1 Å². The van der Waals surface area contributed by atoms with E-state index in [1.807, 2.05) is 0 Å². The molecule has 1 aliphatic rings. The Morgan fingerprint density at radius 2 is 2.00 bits per heavy atom. The molecule has 0 spiro atoms. The minimum atomic E-state index is -3.11. The summed E-state index contributed by atoms with van der Waals surface area (Å²) in [5, 5.41) is 12.8. The van der Waals surface area contributed by atoms with Crippen LogP contribution in [-0.4, -0.2) is 37.0 Å². The van der Waals surface area contributed by atoms with Crippen molar-refractivity contribution in [2.45, 2.75) is 12.5 Å². The molecule has 1 amide bonds. The number of nitrogens with zero attached hydrogens (tertiary/aromatic N) is 1. The average molecular weight is 300 g/mol. The lowest BCUT2D eigenvalue weighted by Crippen LogP contribution is -2.23. The van der Waals surface area contributed by atoms with Gasteiger partial charge in [0.25, 0.3) is 5.69 Å². The molecule has 1 aliphatic heterocycles. The normalized spacial score (nSPS) is 20.3. The molecule has 0 radical (unpaired) electrons. The molecule has 1 aromatic rings. The van der Waals surface area contributed by atoms with E-state index >= 15 is 0 Å². The Bertz CT molecular complexity index is 625. The van der Waals surface area contributed by atoms with Crippen molar-refractivity contribution in [1.29, 1.82) is 0 Å². The van der Waals surface area contributed by atoms with Crippen molar-refractivity contribution >= 4 is 27.3 Å². The van der Waals surface area contributed by atoms with Gasteiger partial charge in [-0.3, -0.25) is 15.4 Å². The molecule has 108 valence electrons. The van der Waals surface area contributed by atoms with Crippen molar-refractivity contribution in [3.8, 4) is 0 Å². The predicted molar refractivity (Wildman–Crippen MR) is 70.3 cm³/mol. The average Bonchev–Trinajstić information content (AvgIpc) is 2.69. The minimum absolute atomic E-state index is 0.0163. The Morgan fingerprint density at radius 3 is 2.50 bits per heavy atom. The van der Waals surface area contributed by atoms with Crippen molar-refractivity contribution in [3.05, 3.63) is 34.4 Å². The maximum Gasteiger partial charge on any atom is 0.411 e. The van der Waals surface area contributed by atoms with E-state index < -0.39 is 27.0 Å². The zero-order valence-corrected chi connectivity index (χ0v) is 11.1. The Labute approximate surface area is 114 Å². The van der Waals surface area contributed by atoms with Crippen LogP contribution in [0.4, 0.5) is 16.2 Å². The topological polar surface area (TPSA) is 116 Å². The molecule has 9 heteroatoms. The number of nitro benzene ring substituents is 1. The van der Waals surface area contributed by atoms with Gasteiger partial charge in [-0.1, -0.05) is 0 Å². The number of non-ortho nitro benzene ring substituents is 1. The summed E-state index contributed by atoms with van der Waals surface area (Å²) in [6.45, 7) is 0. The number of nitrogens with one attached hydrogen (secondary N) is 1. The molecule has 0 aliphatic carbocycles. The molecule has 0 unspecified atom stereocenters. The Balaban J connectivity index is 1.90. The standard InChI is InChI=1S/C11H12N2O6S/c14-11(19-10-5-6-20(17,18)7-10)12-8-1-3-9(4-2-8)13(15)16/h1-4,10H,5-7H2,(H,12,14)/t10-/m1/s1. The molecule has 1 saturated heterocycles. The quantitative estimate of drug-likeness (QED) is 0.665. The van der Waals surface area contributed by atoms with Gasteiger partial charge in [0.05, 0.1) is 16.4 Å². The summed E-state index contributed by atoms with van der Waals surface area (Å²) in [6.07, 6.45) is -1.13. The van der Waals surface area contributed by atoms with Gasteiger partial charge in [0.15, 0.2) is 9.84 Å². The monoisotopic (exact) mass is 300 g/mol. The maximum absolute atomic E-state index is 11.5. The van der Waals surface area contributed by atoms with Crippen LogP contribution in [0.5, 0.6) is 0 Å². The number of hydrogen-bond donors (Lipinski definition) is 1. The number of carbonyl (C=O) groups excluding carboxylic acids is 1. The van der Waals surface area contributed by atoms with Crippen LogP contribution in [0.2, 0.25) is 0 Å². The smallest absolute Gasteiger partial charge is 0.411 e. The summed E-state index contributed by atoms with van der Waals surface area (Å²) < 4.78 is 27.4. The molecule has 0 saturated carbocycles. The summed E-state index contributed by atoms with van der Waals surface area (Å²) in [4.78, 5) is 21.4. The van der Waals surface area contributed by atoms with Crippen LogP contribution < -0.4 is 5.32 Å². The Hall–Kier alpha value is -2.16. The summed E-state index contributed by atoms with van der Waals surface area (Å²) in [6, 6.07) is 5.22. The number of nitro groups is 1. The van der Waals surface area contributed by atoms with E-state index in [0.717, 1.165) is 0 Å². The third-order valence-electron chi connectivity index (χ3n) is 2.79. The van der Waals surface area contributed by atoms with Gasteiger partial charge in [0.1, 0.15) is 6.10 Å². The van der Waals surface area contributed by atoms with Crippen molar-refractivity contribution < 1.29 is 22.9 Å². The fraction of sp³-hybridized carbons (Fsp3) is 0.364. The van der Waals surface area contributed by atoms with Crippen molar-refractivity contribution in [1.82, 2.24) is 0 Å². The van der Waals surface area contributed by atoms with E-state index in [1.54, 1.807) is 0 Å². The highest BCUT2D eigenvalue weighted by Gasteiger charge is 2.30. The van der Waals surface area contributed by atoms with Gasteiger partial charge in [-0.25, -0.2) is 13.2 Å². The first-order valence-electron chi connectivity index (χ1n) is 5.78. The van der Waals surface area contributed by atoms with Crippen LogP contribution in [0.25, 0.3) is 0 Å². The van der Waals surface area contributed by atoms with Crippen molar-refractivity contribution in [2.24, 2.45) is 0 Å². The first-order valence-corrected chi connectivity index (χ1v) is 7.60. The highest BCUT2D eigenvalue weighted by molar-refractivity contribution is 7.91. The number of ether oxygens (including phenoxy) is 1. The number of sulfone groups is 1. The fourth-order valence-corrected chi connectivity index (χ4v) is 3.41. The summed E-state index contributed by atoms with van der Waals surface area (Å²) in [5.74, 6) is -0.150. The fourth-order valence-electron chi connectivity index (χ4n) is 1.82. The van der Waals surface area contributed by atoms with E-state index in [2.05, 4.69) is 5.32 Å². The van der Waals surface area contributed by atoms with Gasteiger partial charge in [-0.05, 0) is 18.6 Å². The van der Waals surface area contributed by atoms with Crippen LogP contribution in [0.3, 0.4) is 0 Å². The lowest BCUT2D eigenvalue weighted by Gasteiger charge is -2.11. The molecule has 8 nitrogen and oxygen atoms in total. The van der Waals surface area contributed by atoms with Gasteiger partial charge < -0.3 is 4.74 Å². The molecule has 1 aromatic carbocycles. The number of carbonyl (C=O) groups is 1. The molecule has 1 heterocycles.